The summed E-state index contributed by atoms with van der Waals surface area (Å²) in [5.74, 6) is -0.0393. The molecule has 0 fully saturated rings. The summed E-state index contributed by atoms with van der Waals surface area (Å²) in [6, 6.07) is 8.59. The molecule has 3 nitrogen and oxygen atoms in total. The van der Waals surface area contributed by atoms with Crippen LogP contribution in [0.5, 0.6) is 0 Å². The third kappa shape index (κ3) is 3.44. The molecule has 0 saturated carbocycles. The van der Waals surface area contributed by atoms with Gasteiger partial charge in [-0.15, -0.1) is 0 Å². The van der Waals surface area contributed by atoms with Crippen molar-refractivity contribution in [3.05, 3.63) is 35.4 Å². The van der Waals surface area contributed by atoms with E-state index in [9.17, 15) is 4.79 Å². The van der Waals surface area contributed by atoms with Crippen LogP contribution in [0.2, 0.25) is 4.82 Å². The summed E-state index contributed by atoms with van der Waals surface area (Å²) < 4.78 is 0.539. The van der Waals surface area contributed by atoms with Gasteiger partial charge in [0.15, 0.2) is 0 Å². The van der Waals surface area contributed by atoms with Crippen molar-refractivity contribution < 1.29 is 4.79 Å². The second-order valence-corrected chi connectivity index (χ2v) is 7.08. The maximum absolute atomic E-state index is 11.5. The van der Waals surface area contributed by atoms with Crippen LogP contribution in [0.15, 0.2) is 29.3 Å². The van der Waals surface area contributed by atoms with E-state index in [-0.39, 0.29) is 25.7 Å². The summed E-state index contributed by atoms with van der Waals surface area (Å²) in [7, 11) is 0. The molecular weight excluding hydrogens is 291 g/mol. The Morgan fingerprint density at radius 1 is 1.28 bits per heavy atom. The van der Waals surface area contributed by atoms with Crippen LogP contribution in [-0.4, -0.2) is 25.6 Å². The first-order valence-electron chi connectivity index (χ1n) is 6.31. The molecule has 0 saturated heterocycles. The number of aryl methyl sites for hydroxylation is 1. The second kappa shape index (κ2) is 6.17. The molecule has 1 unspecified atom stereocenters. The second-order valence-electron chi connectivity index (χ2n) is 4.52. The van der Waals surface area contributed by atoms with E-state index in [1.807, 2.05) is 0 Å². The monoisotopic (exact) mass is 310 g/mol. The normalized spacial score (nSPS) is 19.1. The molecule has 0 aromatic heterocycles. The van der Waals surface area contributed by atoms with E-state index in [0.29, 0.717) is 4.73 Å². The first kappa shape index (κ1) is 13.3. The fourth-order valence-electron chi connectivity index (χ4n) is 1.97. The number of hydrogen-bond acceptors (Lipinski definition) is 2. The van der Waals surface area contributed by atoms with Crippen LogP contribution in [0.3, 0.4) is 0 Å². The Kier molecular flexibility index (Phi) is 4.56. The number of hydrogen-bond donors (Lipinski definition) is 1. The number of aliphatic imine (C=N–C) groups is 1. The third-order valence-electron chi connectivity index (χ3n) is 3.02. The molecule has 96 valence electrons. The fourth-order valence-corrected chi connectivity index (χ4v) is 3.78. The summed E-state index contributed by atoms with van der Waals surface area (Å²) >= 11 is 0.0396. The summed E-state index contributed by atoms with van der Waals surface area (Å²) in [6.45, 7) is 2.20. The molecule has 0 radical (unpaired) electrons. The van der Waals surface area contributed by atoms with Gasteiger partial charge in [0.2, 0.25) is 0 Å². The predicted molar refractivity (Wildman–Crippen MR) is 74.9 cm³/mol. The van der Waals surface area contributed by atoms with Crippen LogP contribution < -0.4 is 5.73 Å². The van der Waals surface area contributed by atoms with Gasteiger partial charge in [0, 0.05) is 0 Å². The van der Waals surface area contributed by atoms with Crippen LogP contribution in [0.4, 0.5) is 0 Å². The van der Waals surface area contributed by atoms with Crippen molar-refractivity contribution in [2.75, 3.05) is 0 Å². The van der Waals surface area contributed by atoms with Crippen molar-refractivity contribution >= 4 is 25.6 Å². The molecule has 0 aliphatic carbocycles. The molecule has 1 amide bonds. The van der Waals surface area contributed by atoms with E-state index in [4.69, 9.17) is 5.73 Å². The first-order chi connectivity index (χ1) is 8.69. The standard InChI is InChI=1S/C14H18N2OSe/c1-2-3-4-10-5-7-11(8-6-10)9-12-13(17)16-14(15)18-12/h5-8,12H,2-4,9H2,1H3,(H2,15,16,17). The molecule has 0 spiro atoms. The molecule has 0 bridgehead atoms. The van der Waals surface area contributed by atoms with Crippen molar-refractivity contribution in [3.8, 4) is 0 Å². The number of nitrogens with zero attached hydrogens (tertiary/aromatic N) is 1. The summed E-state index contributed by atoms with van der Waals surface area (Å²) in [4.78, 5) is 15.4. The maximum atomic E-state index is 11.5. The van der Waals surface area contributed by atoms with E-state index < -0.39 is 0 Å². The molecule has 2 N–H and O–H groups in total. The third-order valence-corrected chi connectivity index (χ3v) is 5.09. The van der Waals surface area contributed by atoms with Gasteiger partial charge in [-0.3, -0.25) is 0 Å². The zero-order valence-corrected chi connectivity index (χ0v) is 12.3. The zero-order chi connectivity index (χ0) is 13.0. The molecule has 1 aliphatic heterocycles. The average Bonchev–Trinajstić information content (AvgIpc) is 2.67. The van der Waals surface area contributed by atoms with E-state index in [1.54, 1.807) is 0 Å². The minimum absolute atomic E-state index is 0.0130. The minimum atomic E-state index is -0.0393. The molecule has 1 heterocycles. The van der Waals surface area contributed by atoms with Gasteiger partial charge in [-0.2, -0.15) is 0 Å². The van der Waals surface area contributed by atoms with Crippen molar-refractivity contribution in [1.82, 2.24) is 0 Å². The number of amides is 1. The van der Waals surface area contributed by atoms with E-state index in [0.717, 1.165) is 12.8 Å². The van der Waals surface area contributed by atoms with Gasteiger partial charge < -0.3 is 0 Å². The molecule has 4 heteroatoms. The molecule has 1 atom stereocenters. The van der Waals surface area contributed by atoms with Crippen molar-refractivity contribution in [2.24, 2.45) is 10.7 Å². The molecule has 1 aliphatic rings. The number of carbonyl (C=O) groups is 1. The summed E-state index contributed by atoms with van der Waals surface area (Å²) in [5, 5.41) is 0. The summed E-state index contributed by atoms with van der Waals surface area (Å²) in [5.41, 5.74) is 8.19. The topological polar surface area (TPSA) is 55.4 Å². The van der Waals surface area contributed by atoms with Crippen molar-refractivity contribution in [3.63, 3.8) is 0 Å². The Morgan fingerprint density at radius 2 is 1.94 bits per heavy atom. The Hall–Kier alpha value is -1.12. The SMILES string of the molecule is CCCCc1ccc(CC2[Se]C(N)=NC2=O)cc1. The van der Waals surface area contributed by atoms with Crippen molar-refractivity contribution in [2.45, 2.75) is 37.4 Å². The predicted octanol–water partition coefficient (Wildman–Crippen LogP) is 1.92. The number of benzene rings is 1. The van der Waals surface area contributed by atoms with Crippen molar-refractivity contribution in [1.29, 1.82) is 0 Å². The quantitative estimate of drug-likeness (QED) is 0.845. The average molecular weight is 309 g/mol. The van der Waals surface area contributed by atoms with Gasteiger partial charge in [0.05, 0.1) is 0 Å². The summed E-state index contributed by atoms with van der Waals surface area (Å²) in [6.07, 6.45) is 4.36. The van der Waals surface area contributed by atoms with E-state index >= 15 is 0 Å². The fraction of sp³-hybridized carbons (Fsp3) is 0.429. The number of unbranched alkanes of at least 4 members (excludes halogenated alkanes) is 1. The van der Waals surface area contributed by atoms with Gasteiger partial charge in [0.1, 0.15) is 0 Å². The van der Waals surface area contributed by atoms with Crippen LogP contribution in [-0.2, 0) is 17.6 Å². The van der Waals surface area contributed by atoms with Gasteiger partial charge in [-0.05, 0) is 0 Å². The Balaban J connectivity index is 1.93. The van der Waals surface area contributed by atoms with E-state index in [1.165, 1.54) is 24.0 Å². The van der Waals surface area contributed by atoms with Crippen LogP contribution in [0.25, 0.3) is 0 Å². The number of rotatable bonds is 5. The van der Waals surface area contributed by atoms with Gasteiger partial charge in [-0.1, -0.05) is 0 Å². The zero-order valence-electron chi connectivity index (χ0n) is 10.6. The Morgan fingerprint density at radius 3 is 2.50 bits per heavy atom. The molecule has 2 rings (SSSR count). The molecule has 1 aromatic rings. The Labute approximate surface area is 114 Å². The number of amidine groups is 1. The Bertz CT molecular complexity index is 453. The number of carbonyl (C=O) groups excluding carboxylic acids is 1. The van der Waals surface area contributed by atoms with Gasteiger partial charge >= 0.3 is 114 Å². The number of nitrogens with two attached hydrogens (primary N) is 1. The molecule has 18 heavy (non-hydrogen) atoms. The van der Waals surface area contributed by atoms with Gasteiger partial charge in [0.25, 0.3) is 0 Å². The first-order valence-corrected chi connectivity index (χ1v) is 8.16. The molecular formula is C14H18N2OSe. The van der Waals surface area contributed by atoms with Gasteiger partial charge in [-0.25, -0.2) is 0 Å². The van der Waals surface area contributed by atoms with E-state index in [2.05, 4.69) is 36.2 Å². The van der Waals surface area contributed by atoms with Crippen LogP contribution in [0.1, 0.15) is 30.9 Å². The van der Waals surface area contributed by atoms with Crippen LogP contribution in [0, 0.1) is 0 Å². The molecule has 1 aromatic carbocycles. The van der Waals surface area contributed by atoms with Crippen LogP contribution >= 0.6 is 0 Å².